The van der Waals surface area contributed by atoms with Crippen LogP contribution in [-0.2, 0) is 4.79 Å². The quantitative estimate of drug-likeness (QED) is 0.504. The Kier molecular flexibility index (Phi) is 9.66. The Bertz CT molecular complexity index is 652. The first kappa shape index (κ1) is 23.0. The van der Waals surface area contributed by atoms with Crippen molar-refractivity contribution in [1.29, 1.82) is 0 Å². The molecule has 144 valence electrons. The second-order valence-corrected chi connectivity index (χ2v) is 6.97. The second kappa shape index (κ2) is 10.9. The van der Waals surface area contributed by atoms with E-state index in [9.17, 15) is 9.59 Å². The number of benzene rings is 1. The summed E-state index contributed by atoms with van der Waals surface area (Å²) in [5, 5.41) is 0.721. The number of hydrogen-bond donors (Lipinski definition) is 0. The summed E-state index contributed by atoms with van der Waals surface area (Å²) in [7, 11) is 0. The summed E-state index contributed by atoms with van der Waals surface area (Å²) in [6, 6.07) is 5.27. The van der Waals surface area contributed by atoms with Crippen LogP contribution in [0.5, 0.6) is 0 Å². The number of carbonyl (C=O) groups is 2. The molecule has 7 heteroatoms. The molecule has 1 fully saturated rings. The van der Waals surface area contributed by atoms with Crippen LogP contribution in [0.4, 0.5) is 0 Å². The molecule has 0 spiro atoms. The maximum Gasteiger partial charge on any atom is 0.246 e. The SMILES string of the molecule is CCC(CC)N1CCN(C(=O)/C=C/C(=O)c2ccc(Cl)c(Cl)c2)CC1.Cl. The van der Waals surface area contributed by atoms with E-state index >= 15 is 0 Å². The molecule has 1 aliphatic heterocycles. The van der Waals surface area contributed by atoms with Gasteiger partial charge in [-0.05, 0) is 37.1 Å². The van der Waals surface area contributed by atoms with Gasteiger partial charge in [0.2, 0.25) is 5.91 Å². The van der Waals surface area contributed by atoms with E-state index in [1.54, 1.807) is 17.0 Å². The number of hydrogen-bond acceptors (Lipinski definition) is 3. The lowest BCUT2D eigenvalue weighted by atomic mass is 10.1. The number of ketones is 1. The van der Waals surface area contributed by atoms with Gasteiger partial charge in [0.25, 0.3) is 0 Å². The number of allylic oxidation sites excluding steroid dienone is 1. The Balaban J connectivity index is 0.00000338. The van der Waals surface area contributed by atoms with Gasteiger partial charge in [-0.25, -0.2) is 0 Å². The maximum absolute atomic E-state index is 12.3. The highest BCUT2D eigenvalue weighted by Gasteiger charge is 2.23. The molecule has 26 heavy (non-hydrogen) atoms. The molecule has 2 rings (SSSR count). The summed E-state index contributed by atoms with van der Waals surface area (Å²) >= 11 is 11.8. The van der Waals surface area contributed by atoms with Crippen molar-refractivity contribution >= 4 is 47.3 Å². The summed E-state index contributed by atoms with van der Waals surface area (Å²) < 4.78 is 0. The molecule has 1 amide bonds. The molecule has 4 nitrogen and oxygen atoms in total. The molecular weight excluding hydrogens is 395 g/mol. The molecule has 0 N–H and O–H groups in total. The van der Waals surface area contributed by atoms with Gasteiger partial charge in [0.15, 0.2) is 5.78 Å². The van der Waals surface area contributed by atoms with Gasteiger partial charge in [0.05, 0.1) is 10.0 Å². The van der Waals surface area contributed by atoms with Gasteiger partial charge in [-0.1, -0.05) is 37.0 Å². The predicted octanol–water partition coefficient (Wildman–Crippen LogP) is 4.49. The molecule has 0 bridgehead atoms. The molecular formula is C19H25Cl3N2O2. The van der Waals surface area contributed by atoms with Gasteiger partial charge in [-0.2, -0.15) is 0 Å². The third kappa shape index (κ3) is 5.98. The fraction of sp³-hybridized carbons (Fsp3) is 0.474. The van der Waals surface area contributed by atoms with Crippen molar-refractivity contribution in [3.05, 3.63) is 46.0 Å². The topological polar surface area (TPSA) is 40.6 Å². The predicted molar refractivity (Wildman–Crippen MR) is 110 cm³/mol. The van der Waals surface area contributed by atoms with Crippen LogP contribution in [0.2, 0.25) is 10.0 Å². The summed E-state index contributed by atoms with van der Waals surface area (Å²) in [5.74, 6) is -0.389. The van der Waals surface area contributed by atoms with Crippen molar-refractivity contribution in [3.8, 4) is 0 Å². The van der Waals surface area contributed by atoms with E-state index in [-0.39, 0.29) is 24.1 Å². The highest BCUT2D eigenvalue weighted by atomic mass is 35.5. The second-order valence-electron chi connectivity index (χ2n) is 6.16. The van der Waals surface area contributed by atoms with Crippen molar-refractivity contribution < 1.29 is 9.59 Å². The Morgan fingerprint density at radius 2 is 1.65 bits per heavy atom. The minimum absolute atomic E-state index is 0. The Morgan fingerprint density at radius 3 is 2.19 bits per heavy atom. The van der Waals surface area contributed by atoms with E-state index in [2.05, 4.69) is 18.7 Å². The molecule has 1 aliphatic rings. The molecule has 0 radical (unpaired) electrons. The number of piperazine rings is 1. The molecule has 1 saturated heterocycles. The molecule has 1 heterocycles. The van der Waals surface area contributed by atoms with E-state index in [1.165, 1.54) is 18.2 Å². The van der Waals surface area contributed by atoms with Crippen molar-refractivity contribution in [2.45, 2.75) is 32.7 Å². The van der Waals surface area contributed by atoms with Crippen LogP contribution in [0, 0.1) is 0 Å². The van der Waals surface area contributed by atoms with Crippen LogP contribution in [0.3, 0.4) is 0 Å². The summed E-state index contributed by atoms with van der Waals surface area (Å²) in [5.41, 5.74) is 0.414. The van der Waals surface area contributed by atoms with E-state index < -0.39 is 0 Å². The first-order valence-electron chi connectivity index (χ1n) is 8.66. The minimum atomic E-state index is -0.261. The van der Waals surface area contributed by atoms with E-state index in [4.69, 9.17) is 23.2 Å². The van der Waals surface area contributed by atoms with E-state index in [0.29, 0.717) is 34.7 Å². The Morgan fingerprint density at radius 1 is 1.04 bits per heavy atom. The van der Waals surface area contributed by atoms with Crippen molar-refractivity contribution in [1.82, 2.24) is 9.80 Å². The van der Waals surface area contributed by atoms with Crippen LogP contribution in [0.1, 0.15) is 37.0 Å². The third-order valence-electron chi connectivity index (χ3n) is 4.67. The normalized spacial score (nSPS) is 15.3. The van der Waals surface area contributed by atoms with E-state index in [0.717, 1.165) is 25.9 Å². The lowest BCUT2D eigenvalue weighted by Crippen LogP contribution is -2.51. The number of carbonyl (C=O) groups excluding carboxylic acids is 2. The van der Waals surface area contributed by atoms with Crippen LogP contribution in [-0.4, -0.2) is 53.7 Å². The Hall–Kier alpha value is -1.07. The van der Waals surface area contributed by atoms with Gasteiger partial charge in [0.1, 0.15) is 0 Å². The minimum Gasteiger partial charge on any atom is -0.337 e. The molecule has 0 aromatic heterocycles. The molecule has 0 saturated carbocycles. The van der Waals surface area contributed by atoms with Crippen LogP contribution in [0.25, 0.3) is 0 Å². The standard InChI is InChI=1S/C19H24Cl2N2O2.ClH/c1-3-15(4-2)22-9-11-23(12-10-22)19(25)8-7-18(24)14-5-6-16(20)17(21)13-14;/h5-8,13,15H,3-4,9-12H2,1-2H3;1H/b8-7+;. The maximum atomic E-state index is 12.3. The van der Waals surface area contributed by atoms with E-state index in [1.807, 2.05) is 0 Å². The molecule has 0 atom stereocenters. The molecule has 1 aromatic rings. The summed E-state index contributed by atoms with van der Waals surface area (Å²) in [6.07, 6.45) is 4.90. The number of rotatable bonds is 6. The largest absolute Gasteiger partial charge is 0.337 e. The first-order valence-corrected chi connectivity index (χ1v) is 9.42. The molecule has 1 aromatic carbocycles. The lowest BCUT2D eigenvalue weighted by Gasteiger charge is -2.38. The first-order chi connectivity index (χ1) is 12.0. The summed E-state index contributed by atoms with van der Waals surface area (Å²) in [6.45, 7) is 7.55. The zero-order valence-electron chi connectivity index (χ0n) is 15.1. The fourth-order valence-corrected chi connectivity index (χ4v) is 3.41. The van der Waals surface area contributed by atoms with Crippen molar-refractivity contribution in [2.24, 2.45) is 0 Å². The average molecular weight is 420 g/mol. The monoisotopic (exact) mass is 418 g/mol. The zero-order valence-corrected chi connectivity index (χ0v) is 17.4. The highest BCUT2D eigenvalue weighted by molar-refractivity contribution is 6.42. The number of nitrogens with zero attached hydrogens (tertiary/aromatic N) is 2. The molecule has 0 aliphatic carbocycles. The van der Waals surface area contributed by atoms with Crippen LogP contribution < -0.4 is 0 Å². The summed E-state index contributed by atoms with van der Waals surface area (Å²) in [4.78, 5) is 28.7. The van der Waals surface area contributed by atoms with Crippen LogP contribution in [0.15, 0.2) is 30.4 Å². The van der Waals surface area contributed by atoms with Gasteiger partial charge < -0.3 is 4.90 Å². The third-order valence-corrected chi connectivity index (χ3v) is 5.41. The van der Waals surface area contributed by atoms with Gasteiger partial charge >= 0.3 is 0 Å². The number of amides is 1. The van der Waals surface area contributed by atoms with Crippen molar-refractivity contribution in [2.75, 3.05) is 26.2 Å². The van der Waals surface area contributed by atoms with Gasteiger partial charge in [-0.15, -0.1) is 12.4 Å². The number of halogens is 3. The highest BCUT2D eigenvalue weighted by Crippen LogP contribution is 2.23. The lowest BCUT2D eigenvalue weighted by molar-refractivity contribution is -0.128. The van der Waals surface area contributed by atoms with Crippen molar-refractivity contribution in [3.63, 3.8) is 0 Å². The molecule has 0 unspecified atom stereocenters. The Labute approximate surface area is 171 Å². The fourth-order valence-electron chi connectivity index (χ4n) is 3.11. The van der Waals surface area contributed by atoms with Gasteiger partial charge in [-0.3, -0.25) is 14.5 Å². The van der Waals surface area contributed by atoms with Gasteiger partial charge in [0, 0.05) is 43.9 Å². The zero-order chi connectivity index (χ0) is 18.4. The van der Waals surface area contributed by atoms with Crippen LogP contribution >= 0.6 is 35.6 Å². The average Bonchev–Trinajstić information content (AvgIpc) is 2.63. The smallest absolute Gasteiger partial charge is 0.246 e.